The Morgan fingerprint density at radius 1 is 0.673 bits per heavy atom. The van der Waals surface area contributed by atoms with E-state index < -0.39 is 20.8 Å². The fourth-order valence-corrected chi connectivity index (χ4v) is 10.3. The van der Waals surface area contributed by atoms with E-state index in [0.717, 1.165) is 33.0 Å². The third-order valence-corrected chi connectivity index (χ3v) is 12.7. The average molecular weight is 684 g/mol. The molecular formula is C41H37N3O3S2. The van der Waals surface area contributed by atoms with Crippen molar-refractivity contribution in [1.29, 1.82) is 0 Å². The van der Waals surface area contributed by atoms with Gasteiger partial charge in [-0.05, 0) is 51.6 Å². The highest BCUT2D eigenvalue weighted by Gasteiger charge is 2.48. The van der Waals surface area contributed by atoms with Crippen molar-refractivity contribution in [3.63, 3.8) is 0 Å². The molecule has 0 radical (unpaired) electrons. The molecule has 0 aromatic heterocycles. The van der Waals surface area contributed by atoms with Crippen LogP contribution in [-0.2, 0) is 26.1 Å². The lowest BCUT2D eigenvalue weighted by Crippen LogP contribution is -2.49. The third-order valence-electron chi connectivity index (χ3n) is 9.08. The molecule has 0 saturated carbocycles. The first-order chi connectivity index (χ1) is 23.9. The Labute approximate surface area is 292 Å². The standard InChI is InChI=1S/C41H37N3O3S2/c45-40(43-42-29-31-15-5-1-6-16-31)39-28-37(30-44(39)49(46,47)38-26-25-32-17-13-14-18-33(32)27-38)48-41(34-19-7-2-8-20-34,35-21-9-3-10-22-35)36-23-11-4-12-24-36/h1-27,37,39,42H,28-30H2,(H,43,45). The summed E-state index contributed by atoms with van der Waals surface area (Å²) in [6, 6.07) is 52.7. The van der Waals surface area contributed by atoms with Gasteiger partial charge >= 0.3 is 0 Å². The summed E-state index contributed by atoms with van der Waals surface area (Å²) in [5, 5.41) is 1.56. The molecule has 1 heterocycles. The molecule has 0 aliphatic carbocycles. The Hall–Kier alpha value is -4.73. The number of fused-ring (bicyclic) bond motifs is 1. The number of amides is 1. The van der Waals surface area contributed by atoms with Crippen LogP contribution in [0, 0.1) is 0 Å². The molecule has 1 amide bonds. The van der Waals surface area contributed by atoms with Gasteiger partial charge in [0.15, 0.2) is 0 Å². The van der Waals surface area contributed by atoms with Crippen molar-refractivity contribution in [3.8, 4) is 0 Å². The topological polar surface area (TPSA) is 78.5 Å². The number of benzene rings is 6. The Morgan fingerprint density at radius 2 is 1.18 bits per heavy atom. The molecule has 2 N–H and O–H groups in total. The Bertz CT molecular complexity index is 2030. The number of hydrazine groups is 1. The second-order valence-corrected chi connectivity index (χ2v) is 15.6. The van der Waals surface area contributed by atoms with E-state index in [9.17, 15) is 13.2 Å². The van der Waals surface area contributed by atoms with Gasteiger partial charge < -0.3 is 0 Å². The molecule has 2 atom stereocenters. The Kier molecular flexibility index (Phi) is 9.64. The van der Waals surface area contributed by atoms with Gasteiger partial charge in [-0.15, -0.1) is 11.8 Å². The minimum atomic E-state index is -4.05. The monoisotopic (exact) mass is 683 g/mol. The number of hydrogen-bond acceptors (Lipinski definition) is 5. The first-order valence-corrected chi connectivity index (χ1v) is 18.7. The van der Waals surface area contributed by atoms with Crippen molar-refractivity contribution in [2.75, 3.05) is 6.54 Å². The van der Waals surface area contributed by atoms with Gasteiger partial charge in [0, 0.05) is 18.3 Å². The van der Waals surface area contributed by atoms with Crippen LogP contribution in [0.4, 0.5) is 0 Å². The van der Waals surface area contributed by atoms with Gasteiger partial charge in [0.2, 0.25) is 10.0 Å². The normalized spacial score (nSPS) is 16.8. The summed E-state index contributed by atoms with van der Waals surface area (Å²) >= 11 is 1.71. The lowest BCUT2D eigenvalue weighted by Gasteiger charge is -2.37. The maximum Gasteiger partial charge on any atom is 0.252 e. The molecule has 246 valence electrons. The smallest absolute Gasteiger partial charge is 0.252 e. The van der Waals surface area contributed by atoms with Gasteiger partial charge in [-0.3, -0.25) is 10.2 Å². The molecule has 0 spiro atoms. The fraction of sp³-hybridized carbons (Fsp3) is 0.146. The van der Waals surface area contributed by atoms with E-state index in [2.05, 4.69) is 47.2 Å². The minimum absolute atomic E-state index is 0.171. The van der Waals surface area contributed by atoms with Crippen molar-refractivity contribution >= 4 is 38.5 Å². The van der Waals surface area contributed by atoms with Crippen LogP contribution in [0.2, 0.25) is 0 Å². The third kappa shape index (κ3) is 6.78. The molecule has 1 saturated heterocycles. The zero-order valence-corrected chi connectivity index (χ0v) is 28.5. The number of nitrogens with zero attached hydrogens (tertiary/aromatic N) is 1. The van der Waals surface area contributed by atoms with Gasteiger partial charge in [0.25, 0.3) is 5.91 Å². The van der Waals surface area contributed by atoms with Crippen LogP contribution < -0.4 is 10.9 Å². The quantitative estimate of drug-likeness (QED) is 0.109. The van der Waals surface area contributed by atoms with Crippen molar-refractivity contribution in [2.45, 2.75) is 33.9 Å². The lowest BCUT2D eigenvalue weighted by atomic mass is 9.84. The molecule has 6 nitrogen and oxygen atoms in total. The van der Waals surface area contributed by atoms with Crippen LogP contribution in [0.1, 0.15) is 28.7 Å². The average Bonchev–Trinajstić information content (AvgIpc) is 3.60. The van der Waals surface area contributed by atoms with Crippen LogP contribution >= 0.6 is 11.8 Å². The molecule has 1 fully saturated rings. The summed E-state index contributed by atoms with van der Waals surface area (Å²) in [4.78, 5) is 14.1. The molecule has 0 bridgehead atoms. The first-order valence-electron chi connectivity index (χ1n) is 16.4. The van der Waals surface area contributed by atoms with Gasteiger partial charge in [-0.2, -0.15) is 4.31 Å². The Balaban J connectivity index is 1.27. The molecule has 2 unspecified atom stereocenters. The number of hydrogen-bond donors (Lipinski definition) is 2. The predicted molar refractivity (Wildman–Crippen MR) is 198 cm³/mol. The van der Waals surface area contributed by atoms with Crippen molar-refractivity contribution in [1.82, 2.24) is 15.2 Å². The highest BCUT2D eigenvalue weighted by Crippen LogP contribution is 2.52. The summed E-state index contributed by atoms with van der Waals surface area (Å²) in [5.41, 5.74) is 10.1. The SMILES string of the molecule is O=C(NNCc1ccccc1)C1CC(SC(c2ccccc2)(c2ccccc2)c2ccccc2)CN1S(=O)(=O)c1ccc2ccccc2c1. The van der Waals surface area contributed by atoms with Crippen molar-refractivity contribution < 1.29 is 13.2 Å². The zero-order valence-electron chi connectivity index (χ0n) is 26.9. The molecule has 8 heteroatoms. The summed E-state index contributed by atoms with van der Waals surface area (Å²) in [6.07, 6.45) is 0.338. The van der Waals surface area contributed by atoms with E-state index >= 15 is 0 Å². The summed E-state index contributed by atoms with van der Waals surface area (Å²) in [7, 11) is -4.05. The maximum atomic E-state index is 14.5. The number of carbonyl (C=O) groups excluding carboxylic acids is 1. The molecule has 1 aliphatic heterocycles. The lowest BCUT2D eigenvalue weighted by molar-refractivity contribution is -0.125. The van der Waals surface area contributed by atoms with Gasteiger partial charge in [0.1, 0.15) is 6.04 Å². The van der Waals surface area contributed by atoms with Crippen LogP contribution in [0.5, 0.6) is 0 Å². The largest absolute Gasteiger partial charge is 0.290 e. The molecule has 7 rings (SSSR count). The first kappa shape index (κ1) is 32.8. The predicted octanol–water partition coefficient (Wildman–Crippen LogP) is 7.52. The second kappa shape index (κ2) is 14.4. The van der Waals surface area contributed by atoms with Crippen LogP contribution in [0.15, 0.2) is 169 Å². The van der Waals surface area contributed by atoms with E-state index in [1.807, 2.05) is 115 Å². The van der Waals surface area contributed by atoms with Crippen LogP contribution in [0.25, 0.3) is 10.8 Å². The van der Waals surface area contributed by atoms with E-state index in [4.69, 9.17) is 0 Å². The minimum Gasteiger partial charge on any atom is -0.290 e. The van der Waals surface area contributed by atoms with Gasteiger partial charge in [-0.25, -0.2) is 13.8 Å². The number of thioether (sulfide) groups is 1. The highest BCUT2D eigenvalue weighted by atomic mass is 32.2. The zero-order chi connectivity index (χ0) is 33.7. The number of carbonyl (C=O) groups is 1. The van der Waals surface area contributed by atoms with Crippen LogP contribution in [0.3, 0.4) is 0 Å². The number of nitrogens with one attached hydrogen (secondary N) is 2. The van der Waals surface area contributed by atoms with Gasteiger partial charge in [-0.1, -0.05) is 152 Å². The Morgan fingerprint density at radius 3 is 1.76 bits per heavy atom. The second-order valence-electron chi connectivity index (χ2n) is 12.2. The van der Waals surface area contributed by atoms with Crippen LogP contribution in [-0.4, -0.2) is 36.5 Å². The summed E-state index contributed by atoms with van der Waals surface area (Å²) in [5.74, 6) is -0.381. The van der Waals surface area contributed by atoms with E-state index in [1.165, 1.54) is 4.31 Å². The summed E-state index contributed by atoms with van der Waals surface area (Å²) in [6.45, 7) is 0.582. The van der Waals surface area contributed by atoms with Gasteiger partial charge in [0.05, 0.1) is 9.64 Å². The van der Waals surface area contributed by atoms with E-state index in [1.54, 1.807) is 23.9 Å². The van der Waals surface area contributed by atoms with E-state index in [0.29, 0.717) is 13.0 Å². The number of sulfonamides is 1. The molecule has 6 aromatic carbocycles. The molecule has 49 heavy (non-hydrogen) atoms. The van der Waals surface area contributed by atoms with Crippen molar-refractivity contribution in [2.24, 2.45) is 0 Å². The highest BCUT2D eigenvalue weighted by molar-refractivity contribution is 8.01. The fourth-order valence-electron chi connectivity index (χ4n) is 6.71. The summed E-state index contributed by atoms with van der Waals surface area (Å²) < 4.78 is 29.8. The maximum absolute atomic E-state index is 14.5. The van der Waals surface area contributed by atoms with Crippen molar-refractivity contribution in [3.05, 3.63) is 186 Å². The molecule has 1 aliphatic rings. The van der Waals surface area contributed by atoms with E-state index in [-0.39, 0.29) is 22.6 Å². The molecular weight excluding hydrogens is 647 g/mol. The number of rotatable bonds is 11. The molecule has 6 aromatic rings.